The summed E-state index contributed by atoms with van der Waals surface area (Å²) in [6, 6.07) is 49.1. The van der Waals surface area contributed by atoms with E-state index in [0.29, 0.717) is 17.1 Å². The maximum Gasteiger partial charge on any atom is 0.135 e. The summed E-state index contributed by atoms with van der Waals surface area (Å²) in [4.78, 5) is 9.26. The number of aromatic nitrogens is 2. The van der Waals surface area contributed by atoms with Crippen LogP contribution in [0.15, 0.2) is 134 Å². The van der Waals surface area contributed by atoms with Crippen LogP contribution >= 0.6 is 0 Å². The molecule has 0 saturated carbocycles. The number of nitrogens with zero attached hydrogens (tertiary/aromatic N) is 4. The predicted molar refractivity (Wildman–Crippen MR) is 271 cm³/mol. The third-order valence-electron chi connectivity index (χ3n) is 12.9. The molecular weight excluding hydrogens is 1030 g/mol. The van der Waals surface area contributed by atoms with Gasteiger partial charge in [-0.3, -0.25) is 0 Å². The Bertz CT molecular complexity index is 3300. The topological polar surface area (TPSA) is 33.5 Å². The van der Waals surface area contributed by atoms with Crippen molar-refractivity contribution in [3.8, 4) is 39.6 Å². The Balaban J connectivity index is 0.00000578. The summed E-state index contributed by atoms with van der Waals surface area (Å²) in [6.45, 7) is 19.3. The first-order chi connectivity index (χ1) is 32.4. The molecule has 0 N–H and O–H groups in total. The van der Waals surface area contributed by atoms with Crippen LogP contribution in [0.3, 0.4) is 0 Å². The fourth-order valence-electron chi connectivity index (χ4n) is 10.0. The molecule has 2 aromatic heterocycles. The maximum atomic E-state index is 15.4. The van der Waals surface area contributed by atoms with Crippen molar-refractivity contribution < 1.29 is 34.6 Å². The number of halogens is 2. The molecule has 346 valence electrons. The molecule has 5 nitrogen and oxygen atoms in total. The van der Waals surface area contributed by atoms with Crippen LogP contribution < -0.4 is 14.5 Å². The van der Waals surface area contributed by atoms with Gasteiger partial charge in [0.05, 0.1) is 5.56 Å². The van der Waals surface area contributed by atoms with Gasteiger partial charge in [0, 0.05) is 61.3 Å². The zero-order valence-electron chi connectivity index (χ0n) is 39.6. The number of hydrogen-bond donors (Lipinski definition) is 0. The molecule has 3 heterocycles. The maximum absolute atomic E-state index is 15.4. The van der Waals surface area contributed by atoms with Crippen molar-refractivity contribution in [1.82, 2.24) is 9.55 Å². The van der Waals surface area contributed by atoms with E-state index in [2.05, 4.69) is 167 Å². The Hall–Kier alpha value is -6.56. The summed E-state index contributed by atoms with van der Waals surface area (Å²) >= 11 is 0. The van der Waals surface area contributed by atoms with E-state index in [4.69, 9.17) is 9.72 Å². The fraction of sp³-hybridized carbons (Fsp3) is 0.200. The summed E-state index contributed by atoms with van der Waals surface area (Å²) in [5, 5.41) is 2.18. The van der Waals surface area contributed by atoms with E-state index in [0.717, 1.165) is 96.6 Å². The summed E-state index contributed by atoms with van der Waals surface area (Å²) in [7, 11) is 0. The molecule has 0 aliphatic carbocycles. The van der Waals surface area contributed by atoms with Gasteiger partial charge in [0.2, 0.25) is 0 Å². The van der Waals surface area contributed by atoms with Gasteiger partial charge in [0.25, 0.3) is 0 Å². The van der Waals surface area contributed by atoms with Gasteiger partial charge in [-0.2, -0.15) is 6.07 Å². The van der Waals surface area contributed by atoms with E-state index in [1.54, 1.807) is 0 Å². The summed E-state index contributed by atoms with van der Waals surface area (Å²) in [5.41, 5.74) is 15.0. The summed E-state index contributed by atoms with van der Waals surface area (Å²) < 4.78 is 39.9. The van der Waals surface area contributed by atoms with E-state index in [9.17, 15) is 0 Å². The fourth-order valence-corrected chi connectivity index (χ4v) is 10.0. The van der Waals surface area contributed by atoms with Gasteiger partial charge in [0.1, 0.15) is 17.5 Å². The van der Waals surface area contributed by atoms with Gasteiger partial charge >= 0.3 is 0 Å². The molecule has 0 atom stereocenters. The first kappa shape index (κ1) is 46.5. The van der Waals surface area contributed by atoms with Gasteiger partial charge in [0.15, 0.2) is 0 Å². The summed E-state index contributed by atoms with van der Waals surface area (Å²) in [5.74, 6) is 0.838. The van der Waals surface area contributed by atoms with Crippen molar-refractivity contribution >= 4 is 44.6 Å². The Morgan fingerprint density at radius 2 is 1.29 bits per heavy atom. The van der Waals surface area contributed by atoms with Gasteiger partial charge in [-0.15, -0.1) is 53.6 Å². The zero-order valence-corrected chi connectivity index (χ0v) is 41.9. The number of fused-ring (bicyclic) bond motifs is 4. The van der Waals surface area contributed by atoms with Crippen molar-refractivity contribution in [1.29, 1.82) is 0 Å². The molecule has 9 aromatic rings. The van der Waals surface area contributed by atoms with E-state index in [1.807, 2.05) is 36.5 Å². The van der Waals surface area contributed by atoms with Crippen molar-refractivity contribution in [3.05, 3.63) is 197 Å². The van der Waals surface area contributed by atoms with Crippen molar-refractivity contribution in [2.75, 3.05) is 9.80 Å². The Labute approximate surface area is 413 Å². The van der Waals surface area contributed by atoms with Crippen molar-refractivity contribution in [2.24, 2.45) is 0 Å². The molecule has 1 aliphatic heterocycles. The zero-order chi connectivity index (χ0) is 46.7. The molecule has 0 saturated heterocycles. The van der Waals surface area contributed by atoms with Crippen molar-refractivity contribution in [3.63, 3.8) is 0 Å². The quantitative estimate of drug-likeness (QED) is 0.121. The van der Waals surface area contributed by atoms with E-state index in [-0.39, 0.29) is 38.5 Å². The average Bonchev–Trinajstić information content (AvgIpc) is 3.84. The number of anilines is 4. The van der Waals surface area contributed by atoms with E-state index >= 15 is 8.78 Å². The van der Waals surface area contributed by atoms with Crippen LogP contribution in [0.2, 0.25) is 0 Å². The Kier molecular flexibility index (Phi) is 12.9. The second-order valence-electron chi connectivity index (χ2n) is 18.5. The third-order valence-corrected chi connectivity index (χ3v) is 12.9. The van der Waals surface area contributed by atoms with Crippen molar-refractivity contribution in [2.45, 2.75) is 80.1 Å². The minimum Gasteiger partial charge on any atom is -0.509 e. The predicted octanol–water partition coefficient (Wildman–Crippen LogP) is 16.7. The number of para-hydroxylation sites is 3. The molecule has 0 amide bonds. The Morgan fingerprint density at radius 1 is 0.647 bits per heavy atom. The third kappa shape index (κ3) is 8.40. The Morgan fingerprint density at radius 3 is 1.97 bits per heavy atom. The van der Waals surface area contributed by atoms with Gasteiger partial charge in [-0.05, 0) is 138 Å². The standard InChI is InChI=1S/C60H53F2N4O.Pt/c1-9-15-41-24-25-63-57(28-41)66-53-19-11-10-16-47(53)48-23-22-45(34-56(48)66)67-46-30-42(58-39(7)26-38(6)27-40(58)8)29-44(33-46)64-35-65(55-21-13-12-20-54(55)64)60-49(36(2)3)31-43(32-50(60)37(4)5)59-51(61)17-14-18-52(59)62;/h10-14,16-32,35-37H,9,15H2,1-8H3;/q-3;. The molecule has 0 bridgehead atoms. The van der Waals surface area contributed by atoms with Crippen LogP contribution in [-0.2, 0) is 27.5 Å². The molecule has 0 fully saturated rings. The van der Waals surface area contributed by atoms with Crippen LogP contribution in [0.5, 0.6) is 11.5 Å². The number of pyridine rings is 1. The first-order valence-corrected chi connectivity index (χ1v) is 23.3. The van der Waals surface area contributed by atoms with Crippen LogP contribution in [0.1, 0.15) is 86.3 Å². The van der Waals surface area contributed by atoms with Crippen LogP contribution in [-0.4, -0.2) is 9.55 Å². The number of hydrogen-bond acceptors (Lipinski definition) is 4. The molecule has 1 aliphatic rings. The molecule has 10 rings (SSSR count). The van der Waals surface area contributed by atoms with Gasteiger partial charge < -0.3 is 19.1 Å². The van der Waals surface area contributed by atoms with Crippen LogP contribution in [0, 0.1) is 51.2 Å². The second kappa shape index (κ2) is 18.8. The number of aryl methyl sites for hydroxylation is 4. The minimum atomic E-state index is -0.581. The van der Waals surface area contributed by atoms with Gasteiger partial charge in [-0.25, -0.2) is 13.8 Å². The summed E-state index contributed by atoms with van der Waals surface area (Å²) in [6.07, 6.45) is 3.90. The SMILES string of the molecule is CCCc1ccnc(-n2c3[c-]c(Oc4[c-]c(N5[CH-]N(c6c(C(C)C)cc(-c7c(F)cccc7F)cc6C(C)C)c6ccccc65)cc(-c5c(C)cc(C)cc5C)c4)ccc3c3ccccc32)c1.[Pt]. The molecule has 68 heavy (non-hydrogen) atoms. The first-order valence-electron chi connectivity index (χ1n) is 23.3. The normalized spacial score (nSPS) is 12.4. The van der Waals surface area contributed by atoms with Crippen LogP contribution in [0.4, 0.5) is 31.5 Å². The van der Waals surface area contributed by atoms with E-state index < -0.39 is 11.6 Å². The molecule has 7 aromatic carbocycles. The molecule has 0 unspecified atom stereocenters. The van der Waals surface area contributed by atoms with E-state index in [1.165, 1.54) is 29.3 Å². The van der Waals surface area contributed by atoms with Crippen LogP contribution in [0.25, 0.3) is 49.9 Å². The van der Waals surface area contributed by atoms with Gasteiger partial charge in [-0.1, -0.05) is 101 Å². The smallest absolute Gasteiger partial charge is 0.135 e. The number of rotatable bonds is 11. The largest absolute Gasteiger partial charge is 0.509 e. The molecule has 0 spiro atoms. The minimum absolute atomic E-state index is 0. The monoisotopic (exact) mass is 1080 g/mol. The molecule has 0 radical (unpaired) electrons. The average molecular weight is 1080 g/mol. The molecule has 8 heteroatoms. The molecular formula is C60H53F2N4OPt-3. The number of benzene rings is 7. The second-order valence-corrected chi connectivity index (χ2v) is 18.5. The number of ether oxygens (including phenoxy) is 1.